The van der Waals surface area contributed by atoms with Crippen molar-refractivity contribution in [2.24, 2.45) is 0 Å². The van der Waals surface area contributed by atoms with Crippen LogP contribution in [0, 0.1) is 5.82 Å². The van der Waals surface area contributed by atoms with Gasteiger partial charge >= 0.3 is 0 Å². The van der Waals surface area contributed by atoms with Gasteiger partial charge in [-0.3, -0.25) is 0 Å². The number of nitrogens with one attached hydrogen (secondary N) is 1. The number of halogens is 3. The van der Waals surface area contributed by atoms with E-state index in [2.05, 4.69) is 5.32 Å². The highest BCUT2D eigenvalue weighted by molar-refractivity contribution is 6.31. The van der Waals surface area contributed by atoms with Gasteiger partial charge in [0.2, 0.25) is 0 Å². The Kier molecular flexibility index (Phi) is 4.23. The molecule has 0 aliphatic rings. The number of benzene rings is 2. The molecular formula is C14H12Cl2FN. The van der Waals surface area contributed by atoms with Crippen LogP contribution in [0.3, 0.4) is 0 Å². The van der Waals surface area contributed by atoms with Crippen LogP contribution < -0.4 is 5.32 Å². The second kappa shape index (κ2) is 5.70. The summed E-state index contributed by atoms with van der Waals surface area (Å²) < 4.78 is 13.5. The summed E-state index contributed by atoms with van der Waals surface area (Å²) >= 11 is 11.7. The fraction of sp³-hybridized carbons (Fsp3) is 0.143. The smallest absolute Gasteiger partial charge is 0.142 e. The van der Waals surface area contributed by atoms with Crippen LogP contribution in [0.15, 0.2) is 42.5 Å². The summed E-state index contributed by atoms with van der Waals surface area (Å²) in [6, 6.07) is 12.2. The maximum Gasteiger partial charge on any atom is 0.142 e. The quantitative estimate of drug-likeness (QED) is 0.878. The standard InChI is InChI=1S/C14H12Cl2FN/c1-18-14(9-3-2-4-11(15)7-9)10-5-6-12(16)13(17)8-10/h2-8,14,18H,1H3. The van der Waals surface area contributed by atoms with E-state index in [9.17, 15) is 4.39 Å². The second-order valence-electron chi connectivity index (χ2n) is 3.95. The lowest BCUT2D eigenvalue weighted by Crippen LogP contribution is -2.17. The zero-order valence-corrected chi connectivity index (χ0v) is 11.3. The minimum absolute atomic E-state index is 0.115. The van der Waals surface area contributed by atoms with Gasteiger partial charge in [-0.15, -0.1) is 0 Å². The lowest BCUT2D eigenvalue weighted by atomic mass is 9.99. The van der Waals surface area contributed by atoms with Crippen LogP contribution in [0.5, 0.6) is 0 Å². The van der Waals surface area contributed by atoms with Crippen molar-refractivity contribution in [1.82, 2.24) is 5.32 Å². The van der Waals surface area contributed by atoms with E-state index in [4.69, 9.17) is 23.2 Å². The van der Waals surface area contributed by atoms with E-state index in [1.165, 1.54) is 6.07 Å². The van der Waals surface area contributed by atoms with E-state index in [-0.39, 0.29) is 11.1 Å². The third-order valence-electron chi connectivity index (χ3n) is 2.75. The highest BCUT2D eigenvalue weighted by Crippen LogP contribution is 2.26. The van der Waals surface area contributed by atoms with Crippen molar-refractivity contribution in [2.45, 2.75) is 6.04 Å². The largest absolute Gasteiger partial charge is 0.309 e. The van der Waals surface area contributed by atoms with Gasteiger partial charge in [0, 0.05) is 5.02 Å². The molecule has 0 aliphatic heterocycles. The van der Waals surface area contributed by atoms with Crippen LogP contribution in [0.2, 0.25) is 10.0 Å². The zero-order valence-electron chi connectivity index (χ0n) is 9.75. The van der Waals surface area contributed by atoms with Gasteiger partial charge in [0.25, 0.3) is 0 Å². The van der Waals surface area contributed by atoms with Crippen molar-refractivity contribution in [3.05, 3.63) is 69.5 Å². The second-order valence-corrected chi connectivity index (χ2v) is 4.79. The molecule has 4 heteroatoms. The van der Waals surface area contributed by atoms with Crippen molar-refractivity contribution in [2.75, 3.05) is 7.05 Å². The van der Waals surface area contributed by atoms with Gasteiger partial charge in [0.05, 0.1) is 11.1 Å². The zero-order chi connectivity index (χ0) is 13.1. The molecule has 1 unspecified atom stereocenters. The summed E-state index contributed by atoms with van der Waals surface area (Å²) in [6.07, 6.45) is 0. The van der Waals surface area contributed by atoms with Crippen molar-refractivity contribution < 1.29 is 4.39 Å². The van der Waals surface area contributed by atoms with Crippen molar-refractivity contribution in [1.29, 1.82) is 0 Å². The Morgan fingerprint density at radius 3 is 2.39 bits per heavy atom. The summed E-state index contributed by atoms with van der Waals surface area (Å²) in [6.45, 7) is 0. The average molecular weight is 284 g/mol. The summed E-state index contributed by atoms with van der Waals surface area (Å²) in [5.74, 6) is -0.420. The molecule has 0 radical (unpaired) electrons. The van der Waals surface area contributed by atoms with Gasteiger partial charge in [-0.25, -0.2) is 4.39 Å². The molecule has 0 spiro atoms. The maximum atomic E-state index is 13.5. The predicted molar refractivity (Wildman–Crippen MR) is 73.8 cm³/mol. The molecule has 1 atom stereocenters. The number of rotatable bonds is 3. The third kappa shape index (κ3) is 2.83. The molecule has 0 aliphatic carbocycles. The Hall–Kier alpha value is -1.09. The molecule has 0 saturated heterocycles. The molecule has 2 aromatic rings. The minimum atomic E-state index is -0.420. The first kappa shape index (κ1) is 13.3. The van der Waals surface area contributed by atoms with Crippen LogP contribution in [-0.2, 0) is 0 Å². The molecule has 2 aromatic carbocycles. The Balaban J connectivity index is 2.42. The summed E-state index contributed by atoms with van der Waals surface area (Å²) in [5, 5.41) is 3.92. The van der Waals surface area contributed by atoms with E-state index in [0.717, 1.165) is 11.1 Å². The highest BCUT2D eigenvalue weighted by Gasteiger charge is 2.13. The molecule has 0 aromatic heterocycles. The predicted octanol–water partition coefficient (Wildman–Crippen LogP) is 4.44. The van der Waals surface area contributed by atoms with Crippen LogP contribution in [0.1, 0.15) is 17.2 Å². The van der Waals surface area contributed by atoms with E-state index < -0.39 is 5.82 Å². The van der Waals surface area contributed by atoms with E-state index in [1.807, 2.05) is 25.2 Å². The fourth-order valence-electron chi connectivity index (χ4n) is 1.90. The highest BCUT2D eigenvalue weighted by atomic mass is 35.5. The molecule has 94 valence electrons. The Labute approximate surface area is 116 Å². The third-order valence-corrected chi connectivity index (χ3v) is 3.29. The first-order valence-corrected chi connectivity index (χ1v) is 6.25. The van der Waals surface area contributed by atoms with Crippen LogP contribution >= 0.6 is 23.2 Å². The summed E-state index contributed by atoms with van der Waals surface area (Å²) in [7, 11) is 1.82. The van der Waals surface area contributed by atoms with Crippen LogP contribution in [0.25, 0.3) is 0 Å². The van der Waals surface area contributed by atoms with Crippen LogP contribution in [0.4, 0.5) is 4.39 Å². The molecule has 18 heavy (non-hydrogen) atoms. The van der Waals surface area contributed by atoms with Gasteiger partial charge in [-0.05, 0) is 42.4 Å². The summed E-state index contributed by atoms with van der Waals surface area (Å²) in [5.41, 5.74) is 1.79. The van der Waals surface area contributed by atoms with Crippen LogP contribution in [-0.4, -0.2) is 7.05 Å². The van der Waals surface area contributed by atoms with Crippen molar-refractivity contribution in [3.8, 4) is 0 Å². The molecule has 0 fully saturated rings. The van der Waals surface area contributed by atoms with Gasteiger partial charge < -0.3 is 5.32 Å². The summed E-state index contributed by atoms with van der Waals surface area (Å²) in [4.78, 5) is 0. The molecule has 0 heterocycles. The van der Waals surface area contributed by atoms with E-state index >= 15 is 0 Å². The fourth-order valence-corrected chi connectivity index (χ4v) is 2.22. The van der Waals surface area contributed by atoms with Gasteiger partial charge in [-0.1, -0.05) is 41.4 Å². The Morgan fingerprint density at radius 1 is 1.06 bits per heavy atom. The first-order valence-electron chi connectivity index (χ1n) is 5.49. The molecule has 2 rings (SSSR count). The Morgan fingerprint density at radius 2 is 1.78 bits per heavy atom. The van der Waals surface area contributed by atoms with Crippen molar-refractivity contribution >= 4 is 23.2 Å². The topological polar surface area (TPSA) is 12.0 Å². The monoisotopic (exact) mass is 283 g/mol. The first-order chi connectivity index (χ1) is 8.61. The van der Waals surface area contributed by atoms with E-state index in [0.29, 0.717) is 5.02 Å². The number of hydrogen-bond acceptors (Lipinski definition) is 1. The van der Waals surface area contributed by atoms with E-state index in [1.54, 1.807) is 18.2 Å². The van der Waals surface area contributed by atoms with Gasteiger partial charge in [-0.2, -0.15) is 0 Å². The van der Waals surface area contributed by atoms with Gasteiger partial charge in [0.1, 0.15) is 5.82 Å². The SMILES string of the molecule is CNC(c1cccc(Cl)c1)c1ccc(Cl)c(F)c1. The maximum absolute atomic E-state index is 13.5. The van der Waals surface area contributed by atoms with Crippen molar-refractivity contribution in [3.63, 3.8) is 0 Å². The average Bonchev–Trinajstić information content (AvgIpc) is 2.35. The molecular weight excluding hydrogens is 272 g/mol. The molecule has 0 amide bonds. The normalized spacial score (nSPS) is 12.4. The molecule has 0 saturated carbocycles. The number of hydrogen-bond donors (Lipinski definition) is 1. The lowest BCUT2D eigenvalue weighted by Gasteiger charge is -2.17. The lowest BCUT2D eigenvalue weighted by molar-refractivity contribution is 0.617. The Bertz CT molecular complexity index is 557. The molecule has 0 bridgehead atoms. The molecule has 1 N–H and O–H groups in total. The molecule has 1 nitrogen and oxygen atoms in total. The minimum Gasteiger partial charge on any atom is -0.309 e. The van der Waals surface area contributed by atoms with Gasteiger partial charge in [0.15, 0.2) is 0 Å².